The maximum Gasteiger partial charge on any atom is 0.252 e. The third-order valence-electron chi connectivity index (χ3n) is 3.40. The maximum absolute atomic E-state index is 12.1. The first-order valence-corrected chi connectivity index (χ1v) is 7.91. The molecular weight excluding hydrogens is 305 g/mol. The molecule has 0 unspecified atom stereocenters. The minimum Gasteiger partial charge on any atom is -0.396 e. The second-order valence-corrected chi connectivity index (χ2v) is 6.47. The van der Waals surface area contributed by atoms with Crippen molar-refractivity contribution in [3.8, 4) is 0 Å². The Morgan fingerprint density at radius 1 is 1.42 bits per heavy atom. The van der Waals surface area contributed by atoms with Gasteiger partial charge in [0.05, 0.1) is 22.2 Å². The summed E-state index contributed by atoms with van der Waals surface area (Å²) in [6.45, 7) is 0.591. The summed E-state index contributed by atoms with van der Waals surface area (Å²) in [4.78, 5) is 12.9. The molecule has 19 heavy (non-hydrogen) atoms. The highest BCUT2D eigenvalue weighted by molar-refractivity contribution is 7.98. The zero-order valence-corrected chi connectivity index (χ0v) is 12.8. The molecule has 104 valence electrons. The Morgan fingerprint density at radius 2 is 2.11 bits per heavy atom. The van der Waals surface area contributed by atoms with Crippen molar-refractivity contribution in [2.45, 2.75) is 17.7 Å². The second-order valence-electron chi connectivity index (χ2n) is 4.81. The number of rotatable bonds is 5. The minimum absolute atomic E-state index is 0.109. The summed E-state index contributed by atoms with van der Waals surface area (Å²) in [5.41, 5.74) is 0.306. The van der Waals surface area contributed by atoms with E-state index in [9.17, 15) is 9.90 Å². The van der Waals surface area contributed by atoms with Crippen LogP contribution in [0, 0.1) is 5.41 Å². The Balaban J connectivity index is 2.10. The number of carbonyl (C=O) groups is 1. The molecule has 0 bridgehead atoms. The van der Waals surface area contributed by atoms with Crippen molar-refractivity contribution in [3.05, 3.63) is 27.7 Å². The molecular formula is C13H15Cl2NO2S. The van der Waals surface area contributed by atoms with E-state index in [2.05, 4.69) is 5.32 Å². The Kier molecular flexibility index (Phi) is 4.66. The van der Waals surface area contributed by atoms with E-state index in [0.29, 0.717) is 22.2 Å². The SMILES string of the molecule is CSc1cc(C(=O)NCC2(CO)CC2)c(Cl)cc1Cl. The van der Waals surface area contributed by atoms with Crippen LogP contribution in [-0.2, 0) is 0 Å². The van der Waals surface area contributed by atoms with Gasteiger partial charge in [-0.2, -0.15) is 0 Å². The standard InChI is InChI=1S/C13H15Cl2NO2S/c1-19-11-4-8(9(14)5-10(11)15)12(18)16-6-13(7-17)2-3-13/h4-5,17H,2-3,6-7H2,1H3,(H,16,18). The lowest BCUT2D eigenvalue weighted by molar-refractivity contribution is 0.0935. The van der Waals surface area contributed by atoms with Gasteiger partial charge in [-0.1, -0.05) is 23.2 Å². The van der Waals surface area contributed by atoms with E-state index in [4.69, 9.17) is 23.2 Å². The first kappa shape index (κ1) is 15.0. The second kappa shape index (κ2) is 5.92. The molecule has 6 heteroatoms. The Labute approximate surface area is 126 Å². The maximum atomic E-state index is 12.1. The molecule has 1 amide bonds. The average Bonchev–Trinajstić information content (AvgIpc) is 3.17. The third kappa shape index (κ3) is 3.37. The molecule has 1 saturated carbocycles. The molecule has 1 aliphatic carbocycles. The molecule has 0 heterocycles. The number of hydrogen-bond donors (Lipinski definition) is 2. The van der Waals surface area contributed by atoms with Crippen LogP contribution in [0.3, 0.4) is 0 Å². The van der Waals surface area contributed by atoms with E-state index in [1.54, 1.807) is 12.1 Å². The van der Waals surface area contributed by atoms with Crippen molar-refractivity contribution in [2.24, 2.45) is 5.41 Å². The van der Waals surface area contributed by atoms with Gasteiger partial charge in [-0.15, -0.1) is 11.8 Å². The van der Waals surface area contributed by atoms with Gasteiger partial charge in [0.15, 0.2) is 0 Å². The van der Waals surface area contributed by atoms with Gasteiger partial charge in [-0.3, -0.25) is 4.79 Å². The van der Waals surface area contributed by atoms with E-state index in [-0.39, 0.29) is 17.9 Å². The zero-order chi connectivity index (χ0) is 14.0. The first-order valence-electron chi connectivity index (χ1n) is 5.93. The highest BCUT2D eigenvalue weighted by Gasteiger charge is 2.42. The molecule has 2 rings (SSSR count). The van der Waals surface area contributed by atoms with E-state index in [0.717, 1.165) is 17.7 Å². The van der Waals surface area contributed by atoms with Gasteiger partial charge >= 0.3 is 0 Å². The normalized spacial score (nSPS) is 16.2. The molecule has 2 N–H and O–H groups in total. The number of aliphatic hydroxyl groups is 1. The molecule has 0 radical (unpaired) electrons. The number of nitrogens with one attached hydrogen (secondary N) is 1. The molecule has 1 aromatic rings. The van der Waals surface area contributed by atoms with Crippen molar-refractivity contribution in [2.75, 3.05) is 19.4 Å². The number of benzene rings is 1. The van der Waals surface area contributed by atoms with Gasteiger partial charge < -0.3 is 10.4 Å². The molecule has 0 aromatic heterocycles. The molecule has 0 saturated heterocycles. The van der Waals surface area contributed by atoms with Gasteiger partial charge in [-0.05, 0) is 31.2 Å². The summed E-state index contributed by atoms with van der Waals surface area (Å²) >= 11 is 13.5. The fourth-order valence-electron chi connectivity index (χ4n) is 1.79. The number of amides is 1. The summed E-state index contributed by atoms with van der Waals surface area (Å²) in [6, 6.07) is 3.28. The number of aliphatic hydroxyl groups excluding tert-OH is 1. The molecule has 1 aromatic carbocycles. The fraction of sp³-hybridized carbons (Fsp3) is 0.462. The monoisotopic (exact) mass is 319 g/mol. The smallest absolute Gasteiger partial charge is 0.252 e. The van der Waals surface area contributed by atoms with Crippen LogP contribution >= 0.6 is 35.0 Å². The van der Waals surface area contributed by atoms with Crippen LogP contribution in [-0.4, -0.2) is 30.4 Å². The highest BCUT2D eigenvalue weighted by Crippen LogP contribution is 2.44. The summed E-state index contributed by atoms with van der Waals surface area (Å²) < 4.78 is 0. The van der Waals surface area contributed by atoms with Crippen LogP contribution in [0.25, 0.3) is 0 Å². The van der Waals surface area contributed by atoms with Crippen molar-refractivity contribution in [3.63, 3.8) is 0 Å². The molecule has 3 nitrogen and oxygen atoms in total. The molecule has 1 fully saturated rings. The number of halogens is 2. The fourth-order valence-corrected chi connectivity index (χ4v) is 2.98. The van der Waals surface area contributed by atoms with Crippen LogP contribution < -0.4 is 5.32 Å². The molecule has 0 aliphatic heterocycles. The number of thioether (sulfide) groups is 1. The number of hydrogen-bond acceptors (Lipinski definition) is 3. The van der Waals surface area contributed by atoms with Gasteiger partial charge in [0.25, 0.3) is 5.91 Å². The summed E-state index contributed by atoms with van der Waals surface area (Å²) in [5, 5.41) is 12.9. The Hall–Kier alpha value is -0.420. The lowest BCUT2D eigenvalue weighted by Gasteiger charge is -2.14. The van der Waals surface area contributed by atoms with Crippen molar-refractivity contribution in [1.82, 2.24) is 5.32 Å². The highest BCUT2D eigenvalue weighted by atomic mass is 35.5. The predicted octanol–water partition coefficient (Wildman–Crippen LogP) is 3.22. The summed E-state index contributed by atoms with van der Waals surface area (Å²) in [7, 11) is 0. The number of carbonyl (C=O) groups excluding carboxylic acids is 1. The lowest BCUT2D eigenvalue weighted by atomic mass is 10.1. The summed E-state index contributed by atoms with van der Waals surface area (Å²) in [5.74, 6) is -0.225. The van der Waals surface area contributed by atoms with E-state index < -0.39 is 0 Å². The van der Waals surface area contributed by atoms with E-state index >= 15 is 0 Å². The van der Waals surface area contributed by atoms with Crippen LogP contribution in [0.1, 0.15) is 23.2 Å². The average molecular weight is 320 g/mol. The summed E-state index contributed by atoms with van der Waals surface area (Å²) in [6.07, 6.45) is 3.80. The van der Waals surface area contributed by atoms with Crippen molar-refractivity contribution >= 4 is 40.9 Å². The van der Waals surface area contributed by atoms with E-state index in [1.165, 1.54) is 11.8 Å². The first-order chi connectivity index (χ1) is 9.01. The van der Waals surface area contributed by atoms with Crippen LogP contribution in [0.4, 0.5) is 0 Å². The molecule has 1 aliphatic rings. The van der Waals surface area contributed by atoms with Gasteiger partial charge in [-0.25, -0.2) is 0 Å². The van der Waals surface area contributed by atoms with Gasteiger partial charge in [0, 0.05) is 16.9 Å². The largest absolute Gasteiger partial charge is 0.396 e. The third-order valence-corrected chi connectivity index (χ3v) is 4.92. The Bertz CT molecular complexity index is 504. The molecule has 0 atom stereocenters. The van der Waals surface area contributed by atoms with Gasteiger partial charge in [0.2, 0.25) is 0 Å². The van der Waals surface area contributed by atoms with Crippen molar-refractivity contribution in [1.29, 1.82) is 0 Å². The molecule has 0 spiro atoms. The van der Waals surface area contributed by atoms with Crippen LogP contribution in [0.15, 0.2) is 17.0 Å². The Morgan fingerprint density at radius 3 is 2.63 bits per heavy atom. The zero-order valence-electron chi connectivity index (χ0n) is 10.5. The van der Waals surface area contributed by atoms with Crippen LogP contribution in [0.2, 0.25) is 10.0 Å². The topological polar surface area (TPSA) is 49.3 Å². The lowest BCUT2D eigenvalue weighted by Crippen LogP contribution is -2.32. The van der Waals surface area contributed by atoms with E-state index in [1.807, 2.05) is 6.26 Å². The predicted molar refractivity (Wildman–Crippen MR) is 79.3 cm³/mol. The van der Waals surface area contributed by atoms with Gasteiger partial charge in [0.1, 0.15) is 0 Å². The quantitative estimate of drug-likeness (QED) is 0.819. The van der Waals surface area contributed by atoms with Crippen LogP contribution in [0.5, 0.6) is 0 Å². The minimum atomic E-state index is -0.225. The van der Waals surface area contributed by atoms with Crippen molar-refractivity contribution < 1.29 is 9.90 Å².